The summed E-state index contributed by atoms with van der Waals surface area (Å²) in [6.45, 7) is 1.90. The van der Waals surface area contributed by atoms with Crippen molar-refractivity contribution in [2.24, 2.45) is 0 Å². The quantitative estimate of drug-likeness (QED) is 0.757. The summed E-state index contributed by atoms with van der Waals surface area (Å²) in [5.41, 5.74) is 2.56. The van der Waals surface area contributed by atoms with E-state index < -0.39 is 0 Å². The molecule has 15 heavy (non-hydrogen) atoms. The van der Waals surface area contributed by atoms with Crippen molar-refractivity contribution in [1.29, 1.82) is 0 Å². The molecule has 0 saturated carbocycles. The Morgan fingerprint density at radius 1 is 0.867 bits per heavy atom. The largest absolute Gasteiger partial charge is 0.241 e. The van der Waals surface area contributed by atoms with Crippen LogP contribution in [0.3, 0.4) is 0 Å². The van der Waals surface area contributed by atoms with Gasteiger partial charge in [0.2, 0.25) is 0 Å². The third kappa shape index (κ3) is 2.88. The van der Waals surface area contributed by atoms with Crippen LogP contribution < -0.4 is 0 Å². The Morgan fingerprint density at radius 2 is 1.47 bits per heavy atom. The normalized spacial score (nSPS) is 10.2. The maximum atomic E-state index is 4.18. The van der Waals surface area contributed by atoms with Gasteiger partial charge in [0.15, 0.2) is 0 Å². The van der Waals surface area contributed by atoms with Gasteiger partial charge in [-0.1, -0.05) is 30.3 Å². The molecule has 0 saturated heterocycles. The lowest BCUT2D eigenvalue weighted by Crippen LogP contribution is -1.94. The van der Waals surface area contributed by atoms with Crippen molar-refractivity contribution in [1.82, 2.24) is 9.97 Å². The molecule has 2 rings (SSSR count). The average molecular weight is 198 g/mol. The molecule has 2 heteroatoms. The van der Waals surface area contributed by atoms with Crippen LogP contribution in [0.2, 0.25) is 0 Å². The van der Waals surface area contributed by atoms with Gasteiger partial charge in [-0.2, -0.15) is 0 Å². The topological polar surface area (TPSA) is 25.8 Å². The van der Waals surface area contributed by atoms with Crippen molar-refractivity contribution in [2.45, 2.75) is 19.8 Å². The first-order valence-corrected chi connectivity index (χ1v) is 5.16. The molecule has 0 atom stereocenters. The summed E-state index contributed by atoms with van der Waals surface area (Å²) in [7, 11) is 0. The zero-order valence-corrected chi connectivity index (χ0v) is 8.85. The number of hydrogen-bond acceptors (Lipinski definition) is 2. The van der Waals surface area contributed by atoms with Crippen LogP contribution in [0, 0.1) is 6.92 Å². The Balaban J connectivity index is 1.96. The van der Waals surface area contributed by atoms with E-state index in [0.29, 0.717) is 0 Å². The van der Waals surface area contributed by atoms with E-state index >= 15 is 0 Å². The fourth-order valence-corrected chi connectivity index (χ4v) is 1.48. The maximum absolute atomic E-state index is 4.18. The predicted octanol–water partition coefficient (Wildman–Crippen LogP) is 2.57. The highest BCUT2D eigenvalue weighted by molar-refractivity contribution is 5.17. The molecule has 0 unspecified atom stereocenters. The second kappa shape index (κ2) is 4.69. The van der Waals surface area contributed by atoms with Crippen molar-refractivity contribution in [3.8, 4) is 0 Å². The van der Waals surface area contributed by atoms with Gasteiger partial charge in [-0.15, -0.1) is 0 Å². The maximum Gasteiger partial charge on any atom is 0.125 e. The smallest absolute Gasteiger partial charge is 0.125 e. The average Bonchev–Trinajstić information content (AvgIpc) is 2.30. The Morgan fingerprint density at radius 3 is 2.13 bits per heavy atom. The molecule has 0 aliphatic carbocycles. The van der Waals surface area contributed by atoms with Gasteiger partial charge in [0.25, 0.3) is 0 Å². The summed E-state index contributed by atoms with van der Waals surface area (Å²) in [5.74, 6) is 0.832. The van der Waals surface area contributed by atoms with E-state index in [1.807, 2.05) is 25.4 Å². The molecular weight excluding hydrogens is 184 g/mol. The van der Waals surface area contributed by atoms with Crippen LogP contribution in [-0.4, -0.2) is 9.97 Å². The molecule has 0 amide bonds. The molecule has 0 N–H and O–H groups in total. The minimum absolute atomic E-state index is 0.832. The zero-order valence-electron chi connectivity index (χ0n) is 8.85. The Kier molecular flexibility index (Phi) is 3.08. The van der Waals surface area contributed by atoms with Gasteiger partial charge in [0.05, 0.1) is 0 Å². The summed E-state index contributed by atoms with van der Waals surface area (Å²) >= 11 is 0. The second-order valence-corrected chi connectivity index (χ2v) is 3.62. The number of rotatable bonds is 3. The standard InChI is InChI=1S/C13H14N2/c1-11-14-9-13(10-15-11)8-7-12-5-3-2-4-6-12/h2-6,9-10H,7-8H2,1H3. The summed E-state index contributed by atoms with van der Waals surface area (Å²) in [6.07, 6.45) is 5.87. The second-order valence-electron chi connectivity index (χ2n) is 3.62. The highest BCUT2D eigenvalue weighted by Crippen LogP contribution is 2.05. The van der Waals surface area contributed by atoms with Gasteiger partial charge in [-0.25, -0.2) is 9.97 Å². The third-order valence-corrected chi connectivity index (χ3v) is 2.38. The number of benzene rings is 1. The minimum Gasteiger partial charge on any atom is -0.241 e. The van der Waals surface area contributed by atoms with Crippen molar-refractivity contribution in [3.05, 3.63) is 59.7 Å². The van der Waals surface area contributed by atoms with Gasteiger partial charge in [0.1, 0.15) is 5.82 Å². The van der Waals surface area contributed by atoms with Crippen molar-refractivity contribution in [2.75, 3.05) is 0 Å². The van der Waals surface area contributed by atoms with Crippen LogP contribution in [0.15, 0.2) is 42.7 Å². The fourth-order valence-electron chi connectivity index (χ4n) is 1.48. The molecule has 2 nitrogen and oxygen atoms in total. The van der Waals surface area contributed by atoms with E-state index in [1.165, 1.54) is 11.1 Å². The number of hydrogen-bond donors (Lipinski definition) is 0. The van der Waals surface area contributed by atoms with E-state index in [9.17, 15) is 0 Å². The molecule has 0 fully saturated rings. The third-order valence-electron chi connectivity index (χ3n) is 2.38. The molecule has 1 aromatic carbocycles. The molecule has 1 aromatic heterocycles. The molecule has 2 aromatic rings. The first-order chi connectivity index (χ1) is 7.34. The zero-order chi connectivity index (χ0) is 10.5. The first-order valence-electron chi connectivity index (χ1n) is 5.16. The van der Waals surface area contributed by atoms with Crippen molar-refractivity contribution in [3.63, 3.8) is 0 Å². The van der Waals surface area contributed by atoms with Crippen LogP contribution in [0.5, 0.6) is 0 Å². The molecule has 0 aliphatic heterocycles. The molecule has 76 valence electrons. The Bertz CT molecular complexity index is 406. The molecular formula is C13H14N2. The number of aryl methyl sites for hydroxylation is 3. The van der Waals surface area contributed by atoms with Crippen LogP contribution in [0.25, 0.3) is 0 Å². The molecule has 0 radical (unpaired) electrons. The van der Waals surface area contributed by atoms with Gasteiger partial charge in [-0.3, -0.25) is 0 Å². The van der Waals surface area contributed by atoms with E-state index in [-0.39, 0.29) is 0 Å². The molecule has 0 aliphatic rings. The first kappa shape index (κ1) is 9.84. The van der Waals surface area contributed by atoms with Gasteiger partial charge < -0.3 is 0 Å². The van der Waals surface area contributed by atoms with Crippen LogP contribution in [-0.2, 0) is 12.8 Å². The van der Waals surface area contributed by atoms with E-state index in [1.54, 1.807) is 0 Å². The fraction of sp³-hybridized carbons (Fsp3) is 0.231. The lowest BCUT2D eigenvalue weighted by molar-refractivity contribution is 0.917. The van der Waals surface area contributed by atoms with Crippen molar-refractivity contribution < 1.29 is 0 Å². The molecule has 0 spiro atoms. The van der Waals surface area contributed by atoms with E-state index in [4.69, 9.17) is 0 Å². The Hall–Kier alpha value is -1.70. The van der Waals surface area contributed by atoms with E-state index in [2.05, 4.69) is 34.2 Å². The summed E-state index contributed by atoms with van der Waals surface area (Å²) in [6, 6.07) is 10.5. The summed E-state index contributed by atoms with van der Waals surface area (Å²) < 4.78 is 0. The highest BCUT2D eigenvalue weighted by atomic mass is 14.8. The van der Waals surface area contributed by atoms with Crippen LogP contribution >= 0.6 is 0 Å². The monoisotopic (exact) mass is 198 g/mol. The minimum atomic E-state index is 0.832. The highest BCUT2D eigenvalue weighted by Gasteiger charge is 1.96. The van der Waals surface area contributed by atoms with Gasteiger partial charge in [-0.05, 0) is 30.9 Å². The Labute approximate surface area is 90.0 Å². The lowest BCUT2D eigenvalue weighted by Gasteiger charge is -2.01. The van der Waals surface area contributed by atoms with E-state index in [0.717, 1.165) is 18.7 Å². The molecule has 1 heterocycles. The van der Waals surface area contributed by atoms with Crippen LogP contribution in [0.1, 0.15) is 17.0 Å². The predicted molar refractivity (Wildman–Crippen MR) is 60.6 cm³/mol. The van der Waals surface area contributed by atoms with Crippen molar-refractivity contribution >= 4 is 0 Å². The number of aromatic nitrogens is 2. The summed E-state index contributed by atoms with van der Waals surface area (Å²) in [4.78, 5) is 8.36. The van der Waals surface area contributed by atoms with Crippen LogP contribution in [0.4, 0.5) is 0 Å². The van der Waals surface area contributed by atoms with Gasteiger partial charge >= 0.3 is 0 Å². The lowest BCUT2D eigenvalue weighted by atomic mass is 10.1. The van der Waals surface area contributed by atoms with Gasteiger partial charge in [0, 0.05) is 12.4 Å². The SMILES string of the molecule is Cc1ncc(CCc2ccccc2)cn1. The number of nitrogens with zero attached hydrogens (tertiary/aromatic N) is 2. The summed E-state index contributed by atoms with van der Waals surface area (Å²) in [5, 5.41) is 0. The molecule has 0 bridgehead atoms.